The molecule has 1 aliphatic heterocycles. The highest BCUT2D eigenvalue weighted by Gasteiger charge is 2.19. The molecule has 2 N–H and O–H groups in total. The first-order valence-electron chi connectivity index (χ1n) is 6.18. The molecular formula is C12H20N4O. The number of hydrogen-bond acceptors (Lipinski definition) is 3. The summed E-state index contributed by atoms with van der Waals surface area (Å²) in [6.45, 7) is 2.62. The number of imidazole rings is 1. The molecule has 0 saturated carbocycles. The van der Waals surface area contributed by atoms with Gasteiger partial charge < -0.3 is 15.2 Å². The number of H-pyrrole nitrogens is 1. The van der Waals surface area contributed by atoms with Crippen molar-refractivity contribution in [3.8, 4) is 0 Å². The van der Waals surface area contributed by atoms with E-state index in [-0.39, 0.29) is 5.91 Å². The van der Waals surface area contributed by atoms with E-state index in [0.29, 0.717) is 18.9 Å². The van der Waals surface area contributed by atoms with Crippen molar-refractivity contribution in [3.05, 3.63) is 18.2 Å². The summed E-state index contributed by atoms with van der Waals surface area (Å²) < 4.78 is 0. The van der Waals surface area contributed by atoms with Crippen LogP contribution in [0, 0.1) is 5.92 Å². The quantitative estimate of drug-likeness (QED) is 0.811. The number of hydrogen-bond donors (Lipinski definition) is 2. The van der Waals surface area contributed by atoms with Crippen LogP contribution in [-0.4, -0.2) is 40.9 Å². The first-order chi connectivity index (χ1) is 8.25. The first kappa shape index (κ1) is 12.1. The summed E-state index contributed by atoms with van der Waals surface area (Å²) in [6.07, 6.45) is 6.47. The number of carbonyl (C=O) groups is 1. The third-order valence-electron chi connectivity index (χ3n) is 3.23. The van der Waals surface area contributed by atoms with E-state index in [1.807, 2.05) is 7.05 Å². The summed E-state index contributed by atoms with van der Waals surface area (Å²) in [6, 6.07) is 0. The van der Waals surface area contributed by atoms with Crippen molar-refractivity contribution in [2.45, 2.75) is 25.8 Å². The van der Waals surface area contributed by atoms with Gasteiger partial charge in [0, 0.05) is 25.9 Å². The van der Waals surface area contributed by atoms with Gasteiger partial charge in [0.25, 0.3) is 0 Å². The van der Waals surface area contributed by atoms with E-state index in [1.165, 1.54) is 6.42 Å². The zero-order valence-corrected chi connectivity index (χ0v) is 10.3. The van der Waals surface area contributed by atoms with E-state index in [2.05, 4.69) is 15.3 Å². The van der Waals surface area contributed by atoms with Gasteiger partial charge in [-0.2, -0.15) is 0 Å². The molecule has 0 bridgehead atoms. The van der Waals surface area contributed by atoms with Crippen molar-refractivity contribution in [2.24, 2.45) is 5.92 Å². The average molecular weight is 236 g/mol. The van der Waals surface area contributed by atoms with Gasteiger partial charge in [-0.3, -0.25) is 4.79 Å². The van der Waals surface area contributed by atoms with Crippen molar-refractivity contribution >= 4 is 5.91 Å². The predicted octanol–water partition coefficient (Wildman–Crippen LogP) is 0.758. The molecule has 1 aliphatic rings. The summed E-state index contributed by atoms with van der Waals surface area (Å²) in [5.41, 5.74) is 0. The van der Waals surface area contributed by atoms with E-state index < -0.39 is 0 Å². The van der Waals surface area contributed by atoms with Crippen molar-refractivity contribution < 1.29 is 4.79 Å². The fourth-order valence-corrected chi connectivity index (χ4v) is 2.20. The van der Waals surface area contributed by atoms with Gasteiger partial charge in [-0.05, 0) is 31.8 Å². The maximum Gasteiger partial charge on any atom is 0.223 e. The van der Waals surface area contributed by atoms with E-state index in [1.54, 1.807) is 17.3 Å². The minimum atomic E-state index is 0.204. The minimum Gasteiger partial charge on any atom is -0.347 e. The molecule has 1 unspecified atom stereocenters. The van der Waals surface area contributed by atoms with Gasteiger partial charge in [-0.15, -0.1) is 0 Å². The maximum absolute atomic E-state index is 12.0. The maximum atomic E-state index is 12.0. The fourth-order valence-electron chi connectivity index (χ4n) is 2.20. The van der Waals surface area contributed by atoms with Gasteiger partial charge in [-0.1, -0.05) is 0 Å². The molecule has 5 heteroatoms. The molecule has 1 amide bonds. The second-order valence-corrected chi connectivity index (χ2v) is 4.70. The summed E-state index contributed by atoms with van der Waals surface area (Å²) in [5, 5.41) is 3.34. The molecule has 1 aromatic heterocycles. The van der Waals surface area contributed by atoms with Crippen molar-refractivity contribution in [3.63, 3.8) is 0 Å². The molecule has 1 atom stereocenters. The van der Waals surface area contributed by atoms with Gasteiger partial charge in [-0.25, -0.2) is 4.98 Å². The number of amides is 1. The van der Waals surface area contributed by atoms with E-state index >= 15 is 0 Å². The van der Waals surface area contributed by atoms with Crippen molar-refractivity contribution in [2.75, 3.05) is 20.1 Å². The Hall–Kier alpha value is -1.36. The molecule has 1 aromatic rings. The molecule has 2 rings (SSSR count). The Morgan fingerprint density at radius 2 is 2.53 bits per heavy atom. The third-order valence-corrected chi connectivity index (χ3v) is 3.23. The van der Waals surface area contributed by atoms with Crippen LogP contribution in [0.3, 0.4) is 0 Å². The number of rotatable bonds is 4. The lowest BCUT2D eigenvalue weighted by molar-refractivity contribution is -0.131. The molecule has 2 heterocycles. The second-order valence-electron chi connectivity index (χ2n) is 4.70. The molecule has 1 fully saturated rings. The lowest BCUT2D eigenvalue weighted by Gasteiger charge is -2.24. The second kappa shape index (κ2) is 5.82. The highest BCUT2D eigenvalue weighted by Crippen LogP contribution is 2.15. The van der Waals surface area contributed by atoms with E-state index in [9.17, 15) is 4.79 Å². The summed E-state index contributed by atoms with van der Waals surface area (Å²) in [4.78, 5) is 20.9. The van der Waals surface area contributed by atoms with E-state index in [0.717, 1.165) is 25.3 Å². The number of carbonyl (C=O) groups excluding carboxylic acids is 1. The third kappa shape index (κ3) is 3.56. The molecule has 0 aromatic carbocycles. The van der Waals surface area contributed by atoms with Crippen LogP contribution >= 0.6 is 0 Å². The minimum absolute atomic E-state index is 0.204. The molecule has 0 radical (unpaired) electrons. The van der Waals surface area contributed by atoms with Crippen LogP contribution in [0.25, 0.3) is 0 Å². The zero-order chi connectivity index (χ0) is 12.1. The van der Waals surface area contributed by atoms with Crippen LogP contribution < -0.4 is 5.32 Å². The molecule has 5 nitrogen and oxygen atoms in total. The van der Waals surface area contributed by atoms with Crippen molar-refractivity contribution in [1.29, 1.82) is 0 Å². The topological polar surface area (TPSA) is 61.0 Å². The van der Waals surface area contributed by atoms with Crippen LogP contribution in [0.1, 0.15) is 25.1 Å². The van der Waals surface area contributed by atoms with Gasteiger partial charge in [0.2, 0.25) is 5.91 Å². The summed E-state index contributed by atoms with van der Waals surface area (Å²) >= 11 is 0. The Kier molecular flexibility index (Phi) is 4.14. The number of aromatic amines is 1. The van der Waals surface area contributed by atoms with E-state index in [4.69, 9.17) is 0 Å². The smallest absolute Gasteiger partial charge is 0.223 e. The number of aromatic nitrogens is 2. The Balaban J connectivity index is 1.78. The number of nitrogens with zero attached hydrogens (tertiary/aromatic N) is 2. The first-order valence-corrected chi connectivity index (χ1v) is 6.18. The Morgan fingerprint density at radius 3 is 3.18 bits per heavy atom. The largest absolute Gasteiger partial charge is 0.347 e. The molecule has 17 heavy (non-hydrogen) atoms. The van der Waals surface area contributed by atoms with Gasteiger partial charge >= 0.3 is 0 Å². The van der Waals surface area contributed by atoms with Crippen LogP contribution in [0.4, 0.5) is 0 Å². The summed E-state index contributed by atoms with van der Waals surface area (Å²) in [7, 11) is 1.83. The van der Waals surface area contributed by atoms with Crippen LogP contribution in [-0.2, 0) is 11.3 Å². The normalized spacial score (nSPS) is 20.2. The lowest BCUT2D eigenvalue weighted by Crippen LogP contribution is -2.35. The number of piperidine rings is 1. The Morgan fingerprint density at radius 1 is 1.65 bits per heavy atom. The monoisotopic (exact) mass is 236 g/mol. The van der Waals surface area contributed by atoms with Crippen LogP contribution in [0.2, 0.25) is 0 Å². The highest BCUT2D eigenvalue weighted by molar-refractivity contribution is 5.76. The van der Waals surface area contributed by atoms with Crippen LogP contribution in [0.5, 0.6) is 0 Å². The van der Waals surface area contributed by atoms with Crippen LogP contribution in [0.15, 0.2) is 12.4 Å². The predicted molar refractivity (Wildman–Crippen MR) is 65.3 cm³/mol. The molecule has 0 aliphatic carbocycles. The zero-order valence-electron chi connectivity index (χ0n) is 10.3. The SMILES string of the molecule is CN(Cc1ncc[nH]1)C(=O)CC1CCCNC1. The average Bonchev–Trinajstić information content (AvgIpc) is 2.83. The molecular weight excluding hydrogens is 216 g/mol. The molecule has 0 spiro atoms. The lowest BCUT2D eigenvalue weighted by atomic mass is 9.96. The van der Waals surface area contributed by atoms with Gasteiger partial charge in [0.15, 0.2) is 0 Å². The summed E-state index contributed by atoms with van der Waals surface area (Å²) in [5.74, 6) is 1.54. The Labute approximate surface area is 102 Å². The molecule has 94 valence electrons. The number of nitrogens with one attached hydrogen (secondary N) is 2. The Bertz CT molecular complexity index is 343. The van der Waals surface area contributed by atoms with Crippen molar-refractivity contribution in [1.82, 2.24) is 20.2 Å². The highest BCUT2D eigenvalue weighted by atomic mass is 16.2. The van der Waals surface area contributed by atoms with Gasteiger partial charge in [0.05, 0.1) is 6.54 Å². The molecule has 1 saturated heterocycles. The standard InChI is InChI=1S/C12H20N4O/c1-16(9-11-14-5-6-15-11)12(17)7-10-3-2-4-13-8-10/h5-6,10,13H,2-4,7-9H2,1H3,(H,14,15). The fraction of sp³-hybridized carbons (Fsp3) is 0.667. The van der Waals surface area contributed by atoms with Gasteiger partial charge in [0.1, 0.15) is 5.82 Å².